The highest BCUT2D eigenvalue weighted by Crippen LogP contribution is 2.15. The molecule has 0 aromatic heterocycles. The molecule has 1 aliphatic rings. The molecule has 0 saturated carbocycles. The lowest BCUT2D eigenvalue weighted by molar-refractivity contribution is 0.216. The van der Waals surface area contributed by atoms with Crippen LogP contribution in [0.3, 0.4) is 0 Å². The summed E-state index contributed by atoms with van der Waals surface area (Å²) in [6.45, 7) is 3.45. The van der Waals surface area contributed by atoms with Crippen molar-refractivity contribution in [3.63, 3.8) is 0 Å². The smallest absolute Gasteiger partial charge is 0.0424 e. The van der Waals surface area contributed by atoms with Crippen LogP contribution in [0.5, 0.6) is 0 Å². The molecule has 1 aliphatic heterocycles. The standard InChI is InChI=1S/C13H20N2.2ClH/c14-13(12-7-3-1-4-8-12)11-15-9-5-2-6-10-15;;/h1,3-4,7-8,13H,2,5-6,9-11,14H2;2*1H. The van der Waals surface area contributed by atoms with Gasteiger partial charge in [0.25, 0.3) is 0 Å². The van der Waals surface area contributed by atoms with Crippen molar-refractivity contribution in [1.82, 2.24) is 4.90 Å². The molecule has 0 radical (unpaired) electrons. The second-order valence-corrected chi connectivity index (χ2v) is 4.38. The summed E-state index contributed by atoms with van der Waals surface area (Å²) in [7, 11) is 0. The van der Waals surface area contributed by atoms with Crippen molar-refractivity contribution < 1.29 is 0 Å². The summed E-state index contributed by atoms with van der Waals surface area (Å²) < 4.78 is 0. The van der Waals surface area contributed by atoms with Crippen molar-refractivity contribution >= 4 is 24.8 Å². The highest BCUT2D eigenvalue weighted by atomic mass is 35.5. The summed E-state index contributed by atoms with van der Waals surface area (Å²) in [6, 6.07) is 10.6. The van der Waals surface area contributed by atoms with Gasteiger partial charge in [-0.15, -0.1) is 24.8 Å². The third-order valence-corrected chi connectivity index (χ3v) is 3.13. The number of piperidine rings is 1. The van der Waals surface area contributed by atoms with E-state index in [2.05, 4.69) is 29.2 Å². The first-order valence-corrected chi connectivity index (χ1v) is 5.89. The Hall–Kier alpha value is -0.280. The van der Waals surface area contributed by atoms with E-state index in [1.807, 2.05) is 6.07 Å². The van der Waals surface area contributed by atoms with E-state index in [1.165, 1.54) is 37.9 Å². The molecule has 98 valence electrons. The van der Waals surface area contributed by atoms with Crippen LogP contribution in [-0.4, -0.2) is 24.5 Å². The topological polar surface area (TPSA) is 29.3 Å². The Kier molecular flexibility index (Phi) is 8.61. The molecule has 1 aromatic rings. The monoisotopic (exact) mass is 276 g/mol. The molecular weight excluding hydrogens is 255 g/mol. The van der Waals surface area contributed by atoms with Crippen molar-refractivity contribution in [3.8, 4) is 0 Å². The van der Waals surface area contributed by atoms with Crippen LogP contribution in [0.4, 0.5) is 0 Å². The molecule has 0 bridgehead atoms. The van der Waals surface area contributed by atoms with Crippen molar-refractivity contribution in [1.29, 1.82) is 0 Å². The summed E-state index contributed by atoms with van der Waals surface area (Å²) in [4.78, 5) is 2.49. The van der Waals surface area contributed by atoms with Gasteiger partial charge in [-0.2, -0.15) is 0 Å². The number of rotatable bonds is 3. The van der Waals surface area contributed by atoms with Crippen molar-refractivity contribution in [2.45, 2.75) is 25.3 Å². The molecule has 4 heteroatoms. The Balaban J connectivity index is 0.00000128. The summed E-state index contributed by atoms with van der Waals surface area (Å²) >= 11 is 0. The maximum absolute atomic E-state index is 6.18. The normalized spacial score (nSPS) is 17.7. The first-order chi connectivity index (χ1) is 7.36. The van der Waals surface area contributed by atoms with Gasteiger partial charge in [-0.05, 0) is 31.5 Å². The molecule has 17 heavy (non-hydrogen) atoms. The molecule has 1 saturated heterocycles. The molecule has 0 spiro atoms. The van der Waals surface area contributed by atoms with Gasteiger partial charge in [-0.25, -0.2) is 0 Å². The van der Waals surface area contributed by atoms with Crippen LogP contribution in [0.1, 0.15) is 30.9 Å². The maximum Gasteiger partial charge on any atom is 0.0424 e. The molecule has 1 fully saturated rings. The molecule has 0 aliphatic carbocycles. The zero-order valence-corrected chi connectivity index (χ0v) is 11.7. The molecule has 0 amide bonds. The van der Waals surface area contributed by atoms with Gasteiger partial charge < -0.3 is 10.6 Å². The van der Waals surface area contributed by atoms with E-state index in [0.29, 0.717) is 0 Å². The van der Waals surface area contributed by atoms with Crippen molar-refractivity contribution in [3.05, 3.63) is 35.9 Å². The zero-order valence-electron chi connectivity index (χ0n) is 10.0. The number of likely N-dealkylation sites (tertiary alicyclic amines) is 1. The minimum absolute atomic E-state index is 0. The van der Waals surface area contributed by atoms with E-state index < -0.39 is 0 Å². The van der Waals surface area contributed by atoms with Crippen LogP contribution in [0.15, 0.2) is 30.3 Å². The second kappa shape index (κ2) is 8.76. The van der Waals surface area contributed by atoms with Crippen LogP contribution in [0, 0.1) is 0 Å². The highest BCUT2D eigenvalue weighted by molar-refractivity contribution is 5.85. The first-order valence-electron chi connectivity index (χ1n) is 5.89. The summed E-state index contributed by atoms with van der Waals surface area (Å²) in [5, 5.41) is 0. The fourth-order valence-corrected chi connectivity index (χ4v) is 2.23. The molecule has 2 nitrogen and oxygen atoms in total. The minimum Gasteiger partial charge on any atom is -0.323 e. The largest absolute Gasteiger partial charge is 0.323 e. The van der Waals surface area contributed by atoms with Crippen LogP contribution in [0.2, 0.25) is 0 Å². The lowest BCUT2D eigenvalue weighted by atomic mass is 10.1. The van der Waals surface area contributed by atoms with Gasteiger partial charge in [0, 0.05) is 12.6 Å². The summed E-state index contributed by atoms with van der Waals surface area (Å²) in [6.07, 6.45) is 4.06. The van der Waals surface area contributed by atoms with E-state index in [0.717, 1.165) is 6.54 Å². The number of hydrogen-bond acceptors (Lipinski definition) is 2. The quantitative estimate of drug-likeness (QED) is 0.920. The van der Waals surface area contributed by atoms with Crippen LogP contribution in [0.25, 0.3) is 0 Å². The fourth-order valence-electron chi connectivity index (χ4n) is 2.23. The van der Waals surface area contributed by atoms with Gasteiger partial charge in [-0.3, -0.25) is 0 Å². The highest BCUT2D eigenvalue weighted by Gasteiger charge is 2.14. The van der Waals surface area contributed by atoms with E-state index in [4.69, 9.17) is 5.73 Å². The molecular formula is C13H22Cl2N2. The van der Waals surface area contributed by atoms with Gasteiger partial charge in [0.05, 0.1) is 0 Å². The minimum atomic E-state index is 0. The third kappa shape index (κ3) is 5.26. The fraction of sp³-hybridized carbons (Fsp3) is 0.538. The molecule has 1 heterocycles. The van der Waals surface area contributed by atoms with E-state index in [-0.39, 0.29) is 30.9 Å². The maximum atomic E-state index is 6.18. The molecule has 1 atom stereocenters. The average molecular weight is 277 g/mol. The SMILES string of the molecule is Cl.Cl.NC(CN1CCCCC1)c1ccccc1. The number of hydrogen-bond donors (Lipinski definition) is 1. The Morgan fingerprint density at radius 3 is 2.18 bits per heavy atom. The second-order valence-electron chi connectivity index (χ2n) is 4.38. The number of halogens is 2. The van der Waals surface area contributed by atoms with Gasteiger partial charge >= 0.3 is 0 Å². The number of nitrogens with two attached hydrogens (primary N) is 1. The Morgan fingerprint density at radius 1 is 1.00 bits per heavy atom. The predicted octanol–water partition coefficient (Wildman–Crippen LogP) is 3.02. The summed E-state index contributed by atoms with van der Waals surface area (Å²) in [5.41, 5.74) is 7.44. The van der Waals surface area contributed by atoms with E-state index in [1.54, 1.807) is 0 Å². The number of benzene rings is 1. The Bertz CT molecular complexity index is 287. The molecule has 1 aromatic carbocycles. The third-order valence-electron chi connectivity index (χ3n) is 3.13. The summed E-state index contributed by atoms with van der Waals surface area (Å²) in [5.74, 6) is 0. The van der Waals surface area contributed by atoms with Gasteiger partial charge in [0.15, 0.2) is 0 Å². The molecule has 2 N–H and O–H groups in total. The lowest BCUT2D eigenvalue weighted by Gasteiger charge is -2.29. The Morgan fingerprint density at radius 2 is 1.59 bits per heavy atom. The zero-order chi connectivity index (χ0) is 10.5. The van der Waals surface area contributed by atoms with Gasteiger partial charge in [0.1, 0.15) is 0 Å². The van der Waals surface area contributed by atoms with Crippen molar-refractivity contribution in [2.24, 2.45) is 5.73 Å². The molecule has 1 unspecified atom stereocenters. The van der Waals surface area contributed by atoms with Crippen LogP contribution >= 0.6 is 24.8 Å². The van der Waals surface area contributed by atoms with Crippen LogP contribution in [-0.2, 0) is 0 Å². The lowest BCUT2D eigenvalue weighted by Crippen LogP contribution is -2.36. The van der Waals surface area contributed by atoms with E-state index >= 15 is 0 Å². The molecule has 2 rings (SSSR count). The van der Waals surface area contributed by atoms with E-state index in [9.17, 15) is 0 Å². The van der Waals surface area contributed by atoms with Gasteiger partial charge in [-0.1, -0.05) is 36.8 Å². The average Bonchev–Trinajstić information content (AvgIpc) is 2.31. The van der Waals surface area contributed by atoms with Crippen LogP contribution < -0.4 is 5.73 Å². The van der Waals surface area contributed by atoms with Crippen molar-refractivity contribution in [2.75, 3.05) is 19.6 Å². The van der Waals surface area contributed by atoms with Gasteiger partial charge in [0.2, 0.25) is 0 Å². The number of nitrogens with zero attached hydrogens (tertiary/aromatic N) is 1. The Labute approximate surface area is 116 Å². The predicted molar refractivity (Wildman–Crippen MR) is 78.2 cm³/mol. The first kappa shape index (κ1) is 16.7.